The van der Waals surface area contributed by atoms with Crippen molar-refractivity contribution in [2.75, 3.05) is 6.61 Å². The second-order valence-electron chi connectivity index (χ2n) is 9.44. The average Bonchev–Trinajstić information content (AvgIpc) is 3.38. The molecule has 3 nitrogen and oxygen atoms in total. The molecule has 1 aromatic heterocycles. The summed E-state index contributed by atoms with van der Waals surface area (Å²) in [5.74, 6) is 0.912. The maximum absolute atomic E-state index is 6.45. The molecular formula is C33H34N2OS. The lowest BCUT2D eigenvalue weighted by Crippen LogP contribution is -2.35. The lowest BCUT2D eigenvalue weighted by Gasteiger charge is -2.32. The topological polar surface area (TPSA) is 25.4 Å². The predicted molar refractivity (Wildman–Crippen MR) is 156 cm³/mol. The summed E-state index contributed by atoms with van der Waals surface area (Å²) in [7, 11) is 0. The van der Waals surface area contributed by atoms with Crippen LogP contribution in [0, 0.1) is 0 Å². The first-order valence-corrected chi connectivity index (χ1v) is 14.0. The van der Waals surface area contributed by atoms with Gasteiger partial charge in [-0.15, -0.1) is 11.3 Å². The SMILES string of the molecule is CCC[C@H](CCOc1ccccc1-c1nc2ccccc2s1)N(Cc1ccccc1)Cc1ccccc1. The summed E-state index contributed by atoms with van der Waals surface area (Å²) in [5, 5.41) is 1.01. The number of benzene rings is 4. The van der Waals surface area contributed by atoms with E-state index in [1.165, 1.54) is 15.8 Å². The van der Waals surface area contributed by atoms with E-state index in [9.17, 15) is 0 Å². The smallest absolute Gasteiger partial charge is 0.129 e. The standard InChI is InChI=1S/C33H34N2OS/c1-2-13-28(35(24-26-14-5-3-6-15-26)25-27-16-7-4-8-17-27)22-23-36-31-20-11-9-18-29(31)33-34-30-19-10-12-21-32(30)37-33/h3-12,14-21,28H,2,13,22-25H2,1H3/t28-/m1/s1. The average molecular weight is 507 g/mol. The fraction of sp³-hybridized carbons (Fsp3) is 0.242. The third-order valence-electron chi connectivity index (χ3n) is 6.72. The van der Waals surface area contributed by atoms with Gasteiger partial charge in [0.15, 0.2) is 0 Å². The fourth-order valence-corrected chi connectivity index (χ4v) is 5.85. The van der Waals surface area contributed by atoms with Crippen molar-refractivity contribution in [3.05, 3.63) is 120 Å². The largest absolute Gasteiger partial charge is 0.493 e. The molecule has 1 atom stereocenters. The summed E-state index contributed by atoms with van der Waals surface area (Å²) < 4.78 is 7.66. The Morgan fingerprint density at radius 3 is 2.03 bits per heavy atom. The first-order valence-electron chi connectivity index (χ1n) is 13.2. The number of nitrogens with zero attached hydrogens (tertiary/aromatic N) is 2. The van der Waals surface area contributed by atoms with Crippen molar-refractivity contribution in [2.45, 2.75) is 45.3 Å². The van der Waals surface area contributed by atoms with Gasteiger partial charge < -0.3 is 4.74 Å². The second-order valence-corrected chi connectivity index (χ2v) is 10.5. The predicted octanol–water partition coefficient (Wildman–Crippen LogP) is 8.60. The summed E-state index contributed by atoms with van der Waals surface area (Å²) in [5.41, 5.74) is 4.81. The van der Waals surface area contributed by atoms with E-state index >= 15 is 0 Å². The Hall–Kier alpha value is -3.47. The van der Waals surface area contributed by atoms with E-state index in [4.69, 9.17) is 9.72 Å². The van der Waals surface area contributed by atoms with E-state index in [0.29, 0.717) is 12.6 Å². The summed E-state index contributed by atoms with van der Waals surface area (Å²) in [6, 6.07) is 38.7. The van der Waals surface area contributed by atoms with Crippen molar-refractivity contribution in [2.24, 2.45) is 0 Å². The Balaban J connectivity index is 1.32. The molecule has 4 heteroatoms. The highest BCUT2D eigenvalue weighted by atomic mass is 32.1. The van der Waals surface area contributed by atoms with Crippen LogP contribution in [0.5, 0.6) is 5.75 Å². The molecule has 0 saturated heterocycles. The molecule has 1 heterocycles. The van der Waals surface area contributed by atoms with Gasteiger partial charge in [-0.05, 0) is 48.2 Å². The van der Waals surface area contributed by atoms with Gasteiger partial charge in [-0.2, -0.15) is 0 Å². The van der Waals surface area contributed by atoms with Gasteiger partial charge in [0, 0.05) is 19.1 Å². The van der Waals surface area contributed by atoms with Gasteiger partial charge in [-0.3, -0.25) is 4.90 Å². The van der Waals surface area contributed by atoms with E-state index in [1.807, 2.05) is 12.1 Å². The van der Waals surface area contributed by atoms with Crippen LogP contribution in [0.4, 0.5) is 0 Å². The van der Waals surface area contributed by atoms with Gasteiger partial charge in [-0.25, -0.2) is 4.98 Å². The van der Waals surface area contributed by atoms with Crippen LogP contribution in [0.25, 0.3) is 20.8 Å². The molecule has 0 fully saturated rings. The van der Waals surface area contributed by atoms with Gasteiger partial charge in [0.25, 0.3) is 0 Å². The third kappa shape index (κ3) is 6.65. The van der Waals surface area contributed by atoms with Crippen LogP contribution in [-0.4, -0.2) is 22.5 Å². The minimum absolute atomic E-state index is 0.431. The fourth-order valence-electron chi connectivity index (χ4n) is 4.85. The zero-order valence-electron chi connectivity index (χ0n) is 21.4. The number of ether oxygens (including phenoxy) is 1. The number of hydrogen-bond acceptors (Lipinski definition) is 4. The van der Waals surface area contributed by atoms with Crippen LogP contribution in [-0.2, 0) is 13.1 Å². The van der Waals surface area contributed by atoms with E-state index in [-0.39, 0.29) is 0 Å². The number of fused-ring (bicyclic) bond motifs is 1. The van der Waals surface area contributed by atoms with Gasteiger partial charge in [0.1, 0.15) is 10.8 Å². The molecule has 0 aliphatic carbocycles. The van der Waals surface area contributed by atoms with E-state index in [2.05, 4.69) is 109 Å². The minimum Gasteiger partial charge on any atom is -0.493 e. The third-order valence-corrected chi connectivity index (χ3v) is 7.78. The van der Waals surface area contributed by atoms with Crippen molar-refractivity contribution in [3.8, 4) is 16.3 Å². The molecule has 0 N–H and O–H groups in total. The molecule has 0 aliphatic heterocycles. The quantitative estimate of drug-likeness (QED) is 0.169. The Kier molecular flexibility index (Phi) is 8.62. The molecule has 188 valence electrons. The van der Waals surface area contributed by atoms with Crippen LogP contribution >= 0.6 is 11.3 Å². The van der Waals surface area contributed by atoms with Crippen LogP contribution in [0.15, 0.2) is 109 Å². The molecule has 0 radical (unpaired) electrons. The summed E-state index contributed by atoms with van der Waals surface area (Å²) in [4.78, 5) is 7.49. The Morgan fingerprint density at radius 2 is 1.35 bits per heavy atom. The first kappa shape index (κ1) is 25.2. The highest BCUT2D eigenvalue weighted by Gasteiger charge is 2.20. The lowest BCUT2D eigenvalue weighted by molar-refractivity contribution is 0.139. The van der Waals surface area contributed by atoms with Crippen molar-refractivity contribution in [1.29, 1.82) is 0 Å². The van der Waals surface area contributed by atoms with Crippen LogP contribution in [0.2, 0.25) is 0 Å². The van der Waals surface area contributed by atoms with Crippen LogP contribution in [0.3, 0.4) is 0 Å². The molecule has 37 heavy (non-hydrogen) atoms. The summed E-state index contributed by atoms with van der Waals surface area (Å²) in [6.07, 6.45) is 3.26. The van der Waals surface area contributed by atoms with Crippen molar-refractivity contribution < 1.29 is 4.74 Å². The van der Waals surface area contributed by atoms with E-state index in [1.54, 1.807) is 11.3 Å². The molecule has 5 aromatic rings. The zero-order valence-corrected chi connectivity index (χ0v) is 22.2. The van der Waals surface area contributed by atoms with E-state index in [0.717, 1.165) is 54.2 Å². The normalized spacial score (nSPS) is 12.2. The second kappa shape index (κ2) is 12.7. The molecule has 0 aliphatic rings. The van der Waals surface area contributed by atoms with Gasteiger partial charge >= 0.3 is 0 Å². The van der Waals surface area contributed by atoms with Crippen molar-refractivity contribution in [3.63, 3.8) is 0 Å². The highest BCUT2D eigenvalue weighted by molar-refractivity contribution is 7.21. The molecular weight excluding hydrogens is 472 g/mol. The minimum atomic E-state index is 0.431. The zero-order chi connectivity index (χ0) is 25.3. The van der Waals surface area contributed by atoms with Crippen molar-refractivity contribution in [1.82, 2.24) is 9.88 Å². The number of para-hydroxylation sites is 2. The monoisotopic (exact) mass is 506 g/mol. The number of rotatable bonds is 12. The molecule has 0 bridgehead atoms. The molecule has 0 amide bonds. The number of thiazole rings is 1. The lowest BCUT2D eigenvalue weighted by atomic mass is 10.0. The highest BCUT2D eigenvalue weighted by Crippen LogP contribution is 2.35. The van der Waals surface area contributed by atoms with Crippen LogP contribution < -0.4 is 4.74 Å². The molecule has 0 spiro atoms. The maximum Gasteiger partial charge on any atom is 0.129 e. The summed E-state index contributed by atoms with van der Waals surface area (Å²) in [6.45, 7) is 4.82. The molecule has 5 rings (SSSR count). The van der Waals surface area contributed by atoms with Crippen molar-refractivity contribution >= 4 is 21.6 Å². The molecule has 0 saturated carbocycles. The maximum atomic E-state index is 6.45. The molecule has 4 aromatic carbocycles. The Morgan fingerprint density at radius 1 is 0.730 bits per heavy atom. The Bertz CT molecular complexity index is 1310. The van der Waals surface area contributed by atoms with E-state index < -0.39 is 0 Å². The number of aromatic nitrogens is 1. The Labute approximate surface area is 224 Å². The van der Waals surface area contributed by atoms with Gasteiger partial charge in [0.05, 0.1) is 22.4 Å². The summed E-state index contributed by atoms with van der Waals surface area (Å²) >= 11 is 1.72. The van der Waals surface area contributed by atoms with Crippen LogP contribution in [0.1, 0.15) is 37.3 Å². The first-order chi connectivity index (χ1) is 18.3. The number of hydrogen-bond donors (Lipinski definition) is 0. The van der Waals surface area contributed by atoms with Gasteiger partial charge in [0.2, 0.25) is 0 Å². The van der Waals surface area contributed by atoms with Gasteiger partial charge in [-0.1, -0.05) is 98.3 Å². The molecule has 0 unspecified atom stereocenters.